The van der Waals surface area contributed by atoms with Crippen LogP contribution in [-0.4, -0.2) is 8.24 Å². The zero-order valence-corrected chi connectivity index (χ0v) is 15.7. The Morgan fingerprint density at radius 1 is 1.14 bits per heavy atom. The highest BCUT2D eigenvalue weighted by atomic mass is 79.9. The first kappa shape index (κ1) is 15.1. The summed E-state index contributed by atoms with van der Waals surface area (Å²) in [6, 6.07) is 8.57. The molecule has 1 nitrogen and oxygen atoms in total. The summed E-state index contributed by atoms with van der Waals surface area (Å²) < 4.78 is 1.14. The molecule has 3 unspecified atom stereocenters. The standard InChI is InChI=1S/C18H24BrNSi/c1-13-11-14-5-4-6-18(17(14)12-13)21(2,3)20-16-9-7-15(19)8-10-16/h4-10,13-14,17,20H,11-12H2,1-3H3. The van der Waals surface area contributed by atoms with Crippen LogP contribution in [0.15, 0.2) is 52.2 Å². The van der Waals surface area contributed by atoms with E-state index in [4.69, 9.17) is 0 Å². The topological polar surface area (TPSA) is 12.0 Å². The zero-order chi connectivity index (χ0) is 15.0. The molecule has 3 atom stereocenters. The maximum atomic E-state index is 3.86. The number of fused-ring (bicyclic) bond motifs is 1. The van der Waals surface area contributed by atoms with E-state index in [1.165, 1.54) is 18.5 Å². The molecule has 0 bridgehead atoms. The predicted molar refractivity (Wildman–Crippen MR) is 97.8 cm³/mol. The molecule has 21 heavy (non-hydrogen) atoms. The summed E-state index contributed by atoms with van der Waals surface area (Å²) in [6.45, 7) is 7.29. The third-order valence-corrected chi connectivity index (χ3v) is 8.33. The van der Waals surface area contributed by atoms with E-state index in [0.29, 0.717) is 0 Å². The van der Waals surface area contributed by atoms with Crippen molar-refractivity contribution in [3.8, 4) is 0 Å². The first-order valence-electron chi connectivity index (χ1n) is 7.88. The molecule has 1 saturated carbocycles. The Morgan fingerprint density at radius 2 is 1.86 bits per heavy atom. The molecule has 0 spiro atoms. The fourth-order valence-electron chi connectivity index (χ4n) is 3.97. The van der Waals surface area contributed by atoms with E-state index in [0.717, 1.165) is 22.2 Å². The molecule has 0 amide bonds. The van der Waals surface area contributed by atoms with Gasteiger partial charge < -0.3 is 4.98 Å². The molecular weight excluding hydrogens is 338 g/mol. The van der Waals surface area contributed by atoms with E-state index >= 15 is 0 Å². The normalized spacial score (nSPS) is 28.2. The van der Waals surface area contributed by atoms with Gasteiger partial charge in [0.2, 0.25) is 0 Å². The van der Waals surface area contributed by atoms with Gasteiger partial charge in [-0.3, -0.25) is 0 Å². The molecule has 1 aromatic carbocycles. The van der Waals surface area contributed by atoms with Crippen LogP contribution in [0.1, 0.15) is 19.8 Å². The van der Waals surface area contributed by atoms with Gasteiger partial charge in [-0.15, -0.1) is 0 Å². The number of nitrogens with one attached hydrogen (secondary N) is 1. The van der Waals surface area contributed by atoms with Crippen LogP contribution in [0, 0.1) is 17.8 Å². The van der Waals surface area contributed by atoms with Gasteiger partial charge in [0.25, 0.3) is 0 Å². The second kappa shape index (κ2) is 5.77. The van der Waals surface area contributed by atoms with Gasteiger partial charge in [-0.25, -0.2) is 0 Å². The van der Waals surface area contributed by atoms with Crippen LogP contribution in [0.3, 0.4) is 0 Å². The molecule has 0 heterocycles. The molecule has 2 aliphatic carbocycles. The molecule has 2 aliphatic rings. The Hall–Kier alpha value is -0.803. The fraction of sp³-hybridized carbons (Fsp3) is 0.444. The molecule has 0 aliphatic heterocycles. The highest BCUT2D eigenvalue weighted by molar-refractivity contribution is 9.10. The van der Waals surface area contributed by atoms with Crippen LogP contribution in [0.2, 0.25) is 13.1 Å². The minimum Gasteiger partial charge on any atom is -0.407 e. The molecule has 0 aromatic heterocycles. The van der Waals surface area contributed by atoms with Gasteiger partial charge in [0.05, 0.1) is 0 Å². The monoisotopic (exact) mass is 361 g/mol. The van der Waals surface area contributed by atoms with Gasteiger partial charge in [0, 0.05) is 10.2 Å². The first-order valence-corrected chi connectivity index (χ1v) is 11.7. The van der Waals surface area contributed by atoms with Crippen molar-refractivity contribution < 1.29 is 0 Å². The molecule has 112 valence electrons. The first-order chi connectivity index (χ1) is 9.95. The van der Waals surface area contributed by atoms with Crippen molar-refractivity contribution in [3.05, 3.63) is 52.2 Å². The van der Waals surface area contributed by atoms with E-state index in [1.54, 1.807) is 5.20 Å². The predicted octanol–water partition coefficient (Wildman–Crippen LogP) is 5.76. The van der Waals surface area contributed by atoms with Crippen molar-refractivity contribution in [2.45, 2.75) is 32.9 Å². The van der Waals surface area contributed by atoms with Crippen molar-refractivity contribution in [2.75, 3.05) is 4.98 Å². The minimum atomic E-state index is -1.63. The van der Waals surface area contributed by atoms with Crippen LogP contribution in [0.25, 0.3) is 0 Å². The van der Waals surface area contributed by atoms with Gasteiger partial charge in [0.15, 0.2) is 8.24 Å². The molecule has 0 radical (unpaired) electrons. The number of hydrogen-bond acceptors (Lipinski definition) is 1. The Morgan fingerprint density at radius 3 is 2.57 bits per heavy atom. The second-order valence-corrected chi connectivity index (χ2v) is 12.1. The highest BCUT2D eigenvalue weighted by Crippen LogP contribution is 2.45. The second-order valence-electron chi connectivity index (χ2n) is 7.11. The van der Waals surface area contributed by atoms with E-state index in [-0.39, 0.29) is 0 Å². The minimum absolute atomic E-state index is 0.773. The van der Waals surface area contributed by atoms with Crippen molar-refractivity contribution >= 4 is 29.9 Å². The quantitative estimate of drug-likeness (QED) is 0.674. The van der Waals surface area contributed by atoms with Gasteiger partial charge in [-0.2, -0.15) is 0 Å². The summed E-state index contributed by atoms with van der Waals surface area (Å²) in [6.07, 6.45) is 9.85. The lowest BCUT2D eigenvalue weighted by Crippen LogP contribution is -2.43. The third kappa shape index (κ3) is 3.19. The molecule has 3 rings (SSSR count). The van der Waals surface area contributed by atoms with Gasteiger partial charge in [-0.05, 0) is 68.0 Å². The van der Waals surface area contributed by atoms with Crippen molar-refractivity contribution in [1.29, 1.82) is 0 Å². The lowest BCUT2D eigenvalue weighted by Gasteiger charge is -2.35. The number of benzene rings is 1. The number of anilines is 1. The maximum absolute atomic E-state index is 3.86. The van der Waals surface area contributed by atoms with E-state index in [1.807, 2.05) is 0 Å². The van der Waals surface area contributed by atoms with Gasteiger partial charge in [-0.1, -0.05) is 46.3 Å². The number of rotatable bonds is 3. The smallest absolute Gasteiger partial charge is 0.175 e. The fourth-order valence-corrected chi connectivity index (χ4v) is 7.04. The lowest BCUT2D eigenvalue weighted by atomic mass is 9.91. The van der Waals surface area contributed by atoms with Crippen molar-refractivity contribution in [1.82, 2.24) is 0 Å². The van der Waals surface area contributed by atoms with Crippen LogP contribution >= 0.6 is 15.9 Å². The average Bonchev–Trinajstić information content (AvgIpc) is 2.80. The Labute approximate surface area is 137 Å². The van der Waals surface area contributed by atoms with E-state index in [2.05, 4.69) is 83.4 Å². The molecule has 1 aromatic rings. The van der Waals surface area contributed by atoms with Gasteiger partial charge in [0.1, 0.15) is 0 Å². The highest BCUT2D eigenvalue weighted by Gasteiger charge is 2.40. The number of allylic oxidation sites excluding steroid dienone is 4. The zero-order valence-electron chi connectivity index (χ0n) is 13.1. The van der Waals surface area contributed by atoms with Crippen LogP contribution in [0.5, 0.6) is 0 Å². The number of halogens is 1. The maximum Gasteiger partial charge on any atom is 0.175 e. The van der Waals surface area contributed by atoms with Crippen LogP contribution in [0.4, 0.5) is 5.69 Å². The van der Waals surface area contributed by atoms with E-state index < -0.39 is 8.24 Å². The van der Waals surface area contributed by atoms with Crippen molar-refractivity contribution in [3.63, 3.8) is 0 Å². The van der Waals surface area contributed by atoms with Crippen molar-refractivity contribution in [2.24, 2.45) is 17.8 Å². The Balaban J connectivity index is 1.82. The number of hydrogen-bond donors (Lipinski definition) is 1. The average molecular weight is 362 g/mol. The summed E-state index contributed by atoms with van der Waals surface area (Å²) in [4.78, 5) is 3.86. The third-order valence-electron chi connectivity index (χ3n) is 4.90. The lowest BCUT2D eigenvalue weighted by molar-refractivity contribution is 0.538. The van der Waals surface area contributed by atoms with E-state index in [9.17, 15) is 0 Å². The summed E-state index contributed by atoms with van der Waals surface area (Å²) in [5.41, 5.74) is 1.24. The Kier molecular flexibility index (Phi) is 4.15. The van der Waals surface area contributed by atoms with Crippen LogP contribution < -0.4 is 4.98 Å². The summed E-state index contributed by atoms with van der Waals surface area (Å²) in [5, 5.41) is 1.70. The Bertz CT molecular complexity index is 573. The molecule has 0 saturated heterocycles. The van der Waals surface area contributed by atoms with Crippen LogP contribution in [-0.2, 0) is 0 Å². The summed E-state index contributed by atoms with van der Waals surface area (Å²) in [5.74, 6) is 2.41. The summed E-state index contributed by atoms with van der Waals surface area (Å²) in [7, 11) is -1.63. The molecular formula is C18H24BrNSi. The largest absolute Gasteiger partial charge is 0.407 e. The molecule has 1 N–H and O–H groups in total. The SMILES string of the molecule is CC1CC2C=CC=C([Si](C)(C)Nc3ccc(Br)cc3)C2C1. The summed E-state index contributed by atoms with van der Waals surface area (Å²) >= 11 is 3.51. The molecule has 1 fully saturated rings. The molecule has 3 heteroatoms. The van der Waals surface area contributed by atoms with Gasteiger partial charge >= 0.3 is 0 Å².